The van der Waals surface area contributed by atoms with Crippen LogP contribution in [-0.4, -0.2) is 25.5 Å². The molecule has 0 saturated heterocycles. The molecule has 1 heterocycles. The largest absolute Gasteiger partial charge is 0.356 e. The Morgan fingerprint density at radius 3 is 2.71 bits per heavy atom. The fourth-order valence-corrected chi connectivity index (χ4v) is 1.09. The number of pyridine rings is 1. The van der Waals surface area contributed by atoms with Gasteiger partial charge in [-0.05, 0) is 12.1 Å². The monoisotopic (exact) mass is 192 g/mol. The molecule has 74 valence electrons. The highest BCUT2D eigenvalue weighted by Crippen LogP contribution is 2.04. The number of hydrogen-bond acceptors (Lipinski definition) is 4. The summed E-state index contributed by atoms with van der Waals surface area (Å²) >= 11 is 0. The fourth-order valence-electron chi connectivity index (χ4n) is 1.09. The fraction of sp³-hybridized carbons (Fsp3) is 0.400. The van der Waals surface area contributed by atoms with E-state index in [1.165, 1.54) is 0 Å². The number of rotatable bonds is 4. The third-order valence-electron chi connectivity index (χ3n) is 1.82. The van der Waals surface area contributed by atoms with Gasteiger partial charge in [-0.3, -0.25) is 0 Å². The zero-order valence-electron chi connectivity index (χ0n) is 8.23. The molecule has 0 bridgehead atoms. The van der Waals surface area contributed by atoms with Crippen molar-refractivity contribution in [3.05, 3.63) is 29.6 Å². The van der Waals surface area contributed by atoms with Crippen LogP contribution in [0.3, 0.4) is 0 Å². The van der Waals surface area contributed by atoms with Crippen LogP contribution < -0.4 is 0 Å². The van der Waals surface area contributed by atoms with Crippen LogP contribution in [0.1, 0.15) is 11.4 Å². The van der Waals surface area contributed by atoms with Crippen molar-refractivity contribution in [2.75, 3.05) is 14.2 Å². The minimum absolute atomic E-state index is 0.309. The summed E-state index contributed by atoms with van der Waals surface area (Å²) in [5.74, 6) is 0. The van der Waals surface area contributed by atoms with E-state index in [2.05, 4.69) is 4.98 Å². The van der Waals surface area contributed by atoms with Gasteiger partial charge in [-0.25, -0.2) is 4.98 Å². The van der Waals surface area contributed by atoms with Gasteiger partial charge in [-0.15, -0.1) is 0 Å². The third kappa shape index (κ3) is 2.80. The first-order chi connectivity index (χ1) is 6.80. The molecule has 0 radical (unpaired) electrons. The number of nitriles is 1. The van der Waals surface area contributed by atoms with Crippen LogP contribution >= 0.6 is 0 Å². The average Bonchev–Trinajstić information content (AvgIpc) is 2.26. The van der Waals surface area contributed by atoms with E-state index in [-0.39, 0.29) is 6.29 Å². The van der Waals surface area contributed by atoms with E-state index in [4.69, 9.17) is 14.7 Å². The second-order valence-electron chi connectivity index (χ2n) is 2.73. The minimum Gasteiger partial charge on any atom is -0.356 e. The molecule has 0 aliphatic carbocycles. The predicted octanol–water partition coefficient (Wildman–Crippen LogP) is 1.11. The molecule has 0 aliphatic rings. The lowest BCUT2D eigenvalue weighted by atomic mass is 10.2. The summed E-state index contributed by atoms with van der Waals surface area (Å²) < 4.78 is 10.1. The van der Waals surface area contributed by atoms with Crippen molar-refractivity contribution in [2.45, 2.75) is 12.7 Å². The van der Waals surface area contributed by atoms with Gasteiger partial charge < -0.3 is 9.47 Å². The Balaban J connectivity index is 2.72. The third-order valence-corrected chi connectivity index (χ3v) is 1.82. The van der Waals surface area contributed by atoms with Gasteiger partial charge in [0, 0.05) is 26.3 Å². The molecule has 4 nitrogen and oxygen atoms in total. The van der Waals surface area contributed by atoms with E-state index < -0.39 is 0 Å². The van der Waals surface area contributed by atoms with Crippen molar-refractivity contribution in [1.29, 1.82) is 5.26 Å². The highest BCUT2D eigenvalue weighted by atomic mass is 16.7. The molecular formula is C10H12N2O2. The first-order valence-corrected chi connectivity index (χ1v) is 4.21. The van der Waals surface area contributed by atoms with Crippen LogP contribution in [0, 0.1) is 11.3 Å². The lowest BCUT2D eigenvalue weighted by Gasteiger charge is -2.12. The molecule has 0 atom stereocenters. The van der Waals surface area contributed by atoms with Crippen molar-refractivity contribution < 1.29 is 9.47 Å². The van der Waals surface area contributed by atoms with Gasteiger partial charge in [-0.1, -0.05) is 6.07 Å². The number of nitrogens with zero attached hydrogens (tertiary/aromatic N) is 2. The maximum absolute atomic E-state index is 8.64. The lowest BCUT2D eigenvalue weighted by Crippen LogP contribution is -2.16. The molecule has 0 saturated carbocycles. The van der Waals surface area contributed by atoms with Gasteiger partial charge in [0.25, 0.3) is 0 Å². The van der Waals surface area contributed by atoms with Crippen molar-refractivity contribution >= 4 is 0 Å². The Labute approximate surface area is 83.1 Å². The van der Waals surface area contributed by atoms with E-state index in [9.17, 15) is 0 Å². The molecule has 0 fully saturated rings. The van der Waals surface area contributed by atoms with Crippen LogP contribution in [0.5, 0.6) is 0 Å². The number of ether oxygens (including phenoxy) is 2. The quantitative estimate of drug-likeness (QED) is 0.671. The highest BCUT2D eigenvalue weighted by Gasteiger charge is 2.07. The SMILES string of the molecule is COC(Cc1cccc(C#N)n1)OC. The molecule has 1 aromatic rings. The molecule has 0 amide bonds. The van der Waals surface area contributed by atoms with Gasteiger partial charge in [0.1, 0.15) is 11.8 Å². The first-order valence-electron chi connectivity index (χ1n) is 4.21. The van der Waals surface area contributed by atoms with Crippen molar-refractivity contribution in [2.24, 2.45) is 0 Å². The Morgan fingerprint density at radius 2 is 2.14 bits per heavy atom. The summed E-state index contributed by atoms with van der Waals surface area (Å²) in [7, 11) is 3.14. The van der Waals surface area contributed by atoms with E-state index in [0.29, 0.717) is 12.1 Å². The summed E-state index contributed by atoms with van der Waals surface area (Å²) in [6, 6.07) is 7.28. The molecule has 0 unspecified atom stereocenters. The molecule has 1 rings (SSSR count). The van der Waals surface area contributed by atoms with Crippen LogP contribution in [0.15, 0.2) is 18.2 Å². The Kier molecular flexibility index (Phi) is 4.05. The van der Waals surface area contributed by atoms with Gasteiger partial charge in [0.05, 0.1) is 0 Å². The summed E-state index contributed by atoms with van der Waals surface area (Å²) in [6.07, 6.45) is 0.235. The molecule has 0 N–H and O–H groups in total. The topological polar surface area (TPSA) is 55.1 Å². The summed E-state index contributed by atoms with van der Waals surface area (Å²) in [4.78, 5) is 4.11. The molecule has 0 aromatic carbocycles. The summed E-state index contributed by atoms with van der Waals surface area (Å²) in [6.45, 7) is 0. The lowest BCUT2D eigenvalue weighted by molar-refractivity contribution is -0.101. The van der Waals surface area contributed by atoms with E-state index in [1.807, 2.05) is 12.1 Å². The molecule has 1 aromatic heterocycles. The smallest absolute Gasteiger partial charge is 0.162 e. The van der Waals surface area contributed by atoms with Crippen LogP contribution in [0.25, 0.3) is 0 Å². The van der Waals surface area contributed by atoms with Crippen LogP contribution in [-0.2, 0) is 15.9 Å². The van der Waals surface area contributed by atoms with Crippen molar-refractivity contribution in [1.82, 2.24) is 4.98 Å². The number of aromatic nitrogens is 1. The van der Waals surface area contributed by atoms with E-state index >= 15 is 0 Å². The Bertz CT molecular complexity index is 329. The normalized spacial score (nSPS) is 10.1. The molecule has 0 aliphatic heterocycles. The maximum Gasteiger partial charge on any atom is 0.162 e. The maximum atomic E-state index is 8.64. The number of methoxy groups -OCH3 is 2. The molecule has 0 spiro atoms. The molecular weight excluding hydrogens is 180 g/mol. The van der Waals surface area contributed by atoms with Gasteiger partial charge >= 0.3 is 0 Å². The number of hydrogen-bond donors (Lipinski definition) is 0. The summed E-state index contributed by atoms with van der Waals surface area (Å²) in [5, 5.41) is 8.64. The van der Waals surface area contributed by atoms with Crippen molar-refractivity contribution in [3.63, 3.8) is 0 Å². The highest BCUT2D eigenvalue weighted by molar-refractivity contribution is 5.22. The minimum atomic E-state index is -0.309. The van der Waals surface area contributed by atoms with Crippen LogP contribution in [0.4, 0.5) is 0 Å². The van der Waals surface area contributed by atoms with Gasteiger partial charge in [-0.2, -0.15) is 5.26 Å². The zero-order chi connectivity index (χ0) is 10.4. The molecule has 4 heteroatoms. The second kappa shape index (κ2) is 5.32. The van der Waals surface area contributed by atoms with Crippen LogP contribution in [0.2, 0.25) is 0 Å². The summed E-state index contributed by atoms with van der Waals surface area (Å²) in [5.41, 5.74) is 1.20. The second-order valence-corrected chi connectivity index (χ2v) is 2.73. The van der Waals surface area contributed by atoms with E-state index in [1.54, 1.807) is 26.4 Å². The Hall–Kier alpha value is -1.44. The first kappa shape index (κ1) is 10.6. The predicted molar refractivity (Wildman–Crippen MR) is 50.5 cm³/mol. The van der Waals surface area contributed by atoms with Crippen molar-refractivity contribution in [3.8, 4) is 6.07 Å². The standard InChI is InChI=1S/C10H12N2O2/c1-13-10(14-2)6-8-4-3-5-9(7-11)12-8/h3-5,10H,6H2,1-2H3. The molecule has 14 heavy (non-hydrogen) atoms. The zero-order valence-corrected chi connectivity index (χ0v) is 8.23. The van der Waals surface area contributed by atoms with Gasteiger partial charge in [0.15, 0.2) is 6.29 Å². The van der Waals surface area contributed by atoms with E-state index in [0.717, 1.165) is 5.69 Å². The Morgan fingerprint density at radius 1 is 1.43 bits per heavy atom. The van der Waals surface area contributed by atoms with Gasteiger partial charge in [0.2, 0.25) is 0 Å². The average molecular weight is 192 g/mol.